The maximum Gasteiger partial charge on any atom is 0.253 e. The number of carbonyl (C=O) groups is 1. The van der Waals surface area contributed by atoms with E-state index in [0.717, 1.165) is 5.69 Å². The Morgan fingerprint density at radius 1 is 1.50 bits per heavy atom. The number of carbonyl (C=O) groups excluding carboxylic acids is 1. The van der Waals surface area contributed by atoms with Crippen molar-refractivity contribution in [1.82, 2.24) is 9.88 Å². The first-order valence-corrected chi connectivity index (χ1v) is 6.37. The van der Waals surface area contributed by atoms with E-state index in [1.54, 1.807) is 24.1 Å². The summed E-state index contributed by atoms with van der Waals surface area (Å²) in [5.74, 6) is 0.118. The van der Waals surface area contributed by atoms with Crippen molar-refractivity contribution in [3.05, 3.63) is 28.5 Å². The second-order valence-electron chi connectivity index (χ2n) is 4.56. The molecule has 0 radical (unpaired) electrons. The van der Waals surface area contributed by atoms with Crippen LogP contribution in [-0.4, -0.2) is 41.1 Å². The predicted molar refractivity (Wildman–Crippen MR) is 72.0 cm³/mol. The fraction of sp³-hybridized carbons (Fsp3) is 0.538. The molecule has 0 saturated heterocycles. The van der Waals surface area contributed by atoms with Gasteiger partial charge in [-0.3, -0.25) is 4.79 Å². The van der Waals surface area contributed by atoms with E-state index in [-0.39, 0.29) is 18.4 Å². The summed E-state index contributed by atoms with van der Waals surface area (Å²) in [6, 6.07) is 3.35. The van der Waals surface area contributed by atoms with Gasteiger partial charge in [-0.05, 0) is 24.5 Å². The summed E-state index contributed by atoms with van der Waals surface area (Å²) in [6.45, 7) is 4.60. The summed E-state index contributed by atoms with van der Waals surface area (Å²) < 4.78 is 0. The zero-order valence-electron chi connectivity index (χ0n) is 11.0. The van der Waals surface area contributed by atoms with Crippen molar-refractivity contribution in [2.75, 3.05) is 20.2 Å². The monoisotopic (exact) mass is 270 g/mol. The molecule has 18 heavy (non-hydrogen) atoms. The number of halogens is 1. The second kappa shape index (κ2) is 6.71. The minimum atomic E-state index is -0.102. The number of hydrogen-bond acceptors (Lipinski definition) is 3. The number of amides is 1. The highest BCUT2D eigenvalue weighted by atomic mass is 35.5. The molecule has 0 aliphatic heterocycles. The molecule has 0 unspecified atom stereocenters. The van der Waals surface area contributed by atoms with Crippen LogP contribution in [0.3, 0.4) is 0 Å². The highest BCUT2D eigenvalue weighted by Crippen LogP contribution is 2.18. The number of aliphatic hydroxyl groups is 1. The molecule has 1 aromatic rings. The zero-order valence-corrected chi connectivity index (χ0v) is 11.7. The summed E-state index contributed by atoms with van der Waals surface area (Å²) in [5.41, 5.74) is 1.35. The molecule has 0 saturated carbocycles. The van der Waals surface area contributed by atoms with Gasteiger partial charge in [0.1, 0.15) is 5.15 Å². The topological polar surface area (TPSA) is 53.4 Å². The smallest absolute Gasteiger partial charge is 0.253 e. The SMILES string of the molecule is CC(C)c1cc(C(=O)N(C)CCCO)cc(Cl)n1. The number of aromatic nitrogens is 1. The normalized spacial score (nSPS) is 10.8. The van der Waals surface area contributed by atoms with Gasteiger partial charge in [0.25, 0.3) is 5.91 Å². The van der Waals surface area contributed by atoms with E-state index < -0.39 is 0 Å². The van der Waals surface area contributed by atoms with Crippen LogP contribution in [0.15, 0.2) is 12.1 Å². The molecule has 0 fully saturated rings. The Labute approximate surface area is 113 Å². The zero-order chi connectivity index (χ0) is 13.7. The molecule has 1 N–H and O–H groups in total. The molecule has 5 heteroatoms. The number of pyridine rings is 1. The summed E-state index contributed by atoms with van der Waals surface area (Å²) in [6.07, 6.45) is 0.568. The molecule has 0 bridgehead atoms. The van der Waals surface area contributed by atoms with Crippen LogP contribution in [-0.2, 0) is 0 Å². The van der Waals surface area contributed by atoms with Crippen LogP contribution in [0.4, 0.5) is 0 Å². The Morgan fingerprint density at radius 3 is 2.72 bits per heavy atom. The van der Waals surface area contributed by atoms with E-state index in [1.807, 2.05) is 13.8 Å². The lowest BCUT2D eigenvalue weighted by atomic mass is 10.1. The van der Waals surface area contributed by atoms with Crippen LogP contribution in [0, 0.1) is 0 Å². The lowest BCUT2D eigenvalue weighted by Gasteiger charge is -2.17. The van der Waals surface area contributed by atoms with Crippen LogP contribution >= 0.6 is 11.6 Å². The van der Waals surface area contributed by atoms with E-state index >= 15 is 0 Å². The fourth-order valence-electron chi connectivity index (χ4n) is 1.57. The summed E-state index contributed by atoms with van der Waals surface area (Å²) in [7, 11) is 1.71. The van der Waals surface area contributed by atoms with Gasteiger partial charge in [-0.1, -0.05) is 25.4 Å². The Kier molecular flexibility index (Phi) is 5.56. The molecule has 0 aliphatic carbocycles. The van der Waals surface area contributed by atoms with Gasteiger partial charge in [0, 0.05) is 31.5 Å². The minimum absolute atomic E-state index is 0.0754. The van der Waals surface area contributed by atoms with Gasteiger partial charge in [-0.2, -0.15) is 0 Å². The Hall–Kier alpha value is -1.13. The third-order valence-corrected chi connectivity index (χ3v) is 2.84. The van der Waals surface area contributed by atoms with Gasteiger partial charge in [-0.15, -0.1) is 0 Å². The number of nitrogens with zero attached hydrogens (tertiary/aromatic N) is 2. The van der Waals surface area contributed by atoms with E-state index in [1.165, 1.54) is 0 Å². The lowest BCUT2D eigenvalue weighted by Crippen LogP contribution is -2.28. The highest BCUT2D eigenvalue weighted by Gasteiger charge is 2.14. The van der Waals surface area contributed by atoms with E-state index in [4.69, 9.17) is 16.7 Å². The molecular weight excluding hydrogens is 252 g/mol. The van der Waals surface area contributed by atoms with Gasteiger partial charge in [0.05, 0.1) is 0 Å². The Balaban J connectivity index is 2.91. The molecule has 0 aliphatic rings. The van der Waals surface area contributed by atoms with E-state index in [9.17, 15) is 4.79 Å². The van der Waals surface area contributed by atoms with Crippen molar-refractivity contribution in [1.29, 1.82) is 0 Å². The largest absolute Gasteiger partial charge is 0.396 e. The van der Waals surface area contributed by atoms with Gasteiger partial charge in [-0.25, -0.2) is 4.98 Å². The summed E-state index contributed by atoms with van der Waals surface area (Å²) >= 11 is 5.93. The first-order chi connectivity index (χ1) is 8.45. The molecular formula is C13H19ClN2O2. The molecule has 0 spiro atoms. The van der Waals surface area contributed by atoms with Crippen molar-refractivity contribution in [3.8, 4) is 0 Å². The third kappa shape index (κ3) is 3.96. The van der Waals surface area contributed by atoms with Crippen LogP contribution in [0.25, 0.3) is 0 Å². The van der Waals surface area contributed by atoms with Crippen molar-refractivity contribution >= 4 is 17.5 Å². The standard InChI is InChI=1S/C13H19ClN2O2/c1-9(2)11-7-10(8-12(14)15-11)13(18)16(3)5-4-6-17/h7-9,17H,4-6H2,1-3H3. The maximum atomic E-state index is 12.1. The molecule has 1 amide bonds. The summed E-state index contributed by atoms with van der Waals surface area (Å²) in [5, 5.41) is 9.09. The predicted octanol–water partition coefficient (Wildman–Crippen LogP) is 2.31. The van der Waals surface area contributed by atoms with Gasteiger partial charge >= 0.3 is 0 Å². The van der Waals surface area contributed by atoms with Crippen molar-refractivity contribution in [3.63, 3.8) is 0 Å². The summed E-state index contributed by atoms with van der Waals surface area (Å²) in [4.78, 5) is 17.9. The average molecular weight is 271 g/mol. The number of hydrogen-bond donors (Lipinski definition) is 1. The molecule has 100 valence electrons. The van der Waals surface area contributed by atoms with E-state index in [2.05, 4.69) is 4.98 Å². The number of rotatable bonds is 5. The van der Waals surface area contributed by atoms with Crippen LogP contribution in [0.1, 0.15) is 42.2 Å². The second-order valence-corrected chi connectivity index (χ2v) is 4.95. The van der Waals surface area contributed by atoms with Crippen LogP contribution in [0.2, 0.25) is 5.15 Å². The molecule has 4 nitrogen and oxygen atoms in total. The van der Waals surface area contributed by atoms with Crippen LogP contribution < -0.4 is 0 Å². The quantitative estimate of drug-likeness (QED) is 0.836. The minimum Gasteiger partial charge on any atom is -0.396 e. The van der Waals surface area contributed by atoms with Gasteiger partial charge < -0.3 is 10.0 Å². The van der Waals surface area contributed by atoms with Crippen molar-refractivity contribution in [2.24, 2.45) is 0 Å². The Morgan fingerprint density at radius 2 is 2.17 bits per heavy atom. The first kappa shape index (κ1) is 14.9. The number of aliphatic hydroxyl groups excluding tert-OH is 1. The third-order valence-electron chi connectivity index (χ3n) is 2.65. The highest BCUT2D eigenvalue weighted by molar-refractivity contribution is 6.29. The maximum absolute atomic E-state index is 12.1. The first-order valence-electron chi connectivity index (χ1n) is 5.99. The molecule has 1 heterocycles. The molecule has 1 rings (SSSR count). The average Bonchev–Trinajstić information content (AvgIpc) is 2.34. The van der Waals surface area contributed by atoms with E-state index in [0.29, 0.717) is 23.7 Å². The molecule has 0 atom stereocenters. The lowest BCUT2D eigenvalue weighted by molar-refractivity contribution is 0.0786. The van der Waals surface area contributed by atoms with Gasteiger partial charge in [0.2, 0.25) is 0 Å². The van der Waals surface area contributed by atoms with Crippen molar-refractivity contribution in [2.45, 2.75) is 26.2 Å². The molecule has 1 aromatic heterocycles. The van der Waals surface area contributed by atoms with Gasteiger partial charge in [0.15, 0.2) is 0 Å². The fourth-order valence-corrected chi connectivity index (χ4v) is 1.78. The molecule has 0 aromatic carbocycles. The Bertz CT molecular complexity index is 421. The van der Waals surface area contributed by atoms with Crippen molar-refractivity contribution < 1.29 is 9.90 Å². The van der Waals surface area contributed by atoms with Crippen LogP contribution in [0.5, 0.6) is 0 Å².